The van der Waals surface area contributed by atoms with Crippen molar-refractivity contribution < 1.29 is 28.6 Å². The Morgan fingerprint density at radius 2 is 1.85 bits per heavy atom. The van der Waals surface area contributed by atoms with Gasteiger partial charge in [-0.3, -0.25) is 14.5 Å². The molecule has 1 unspecified atom stereocenters. The number of nitrogens with one attached hydrogen (secondary N) is 1. The summed E-state index contributed by atoms with van der Waals surface area (Å²) in [5.74, 6) is -2.93. The maximum Gasteiger partial charge on any atom is 0.335 e. The van der Waals surface area contributed by atoms with Crippen LogP contribution >= 0.6 is 23.2 Å². The second kappa shape index (κ2) is 14.1. The van der Waals surface area contributed by atoms with E-state index in [1.54, 1.807) is 43.4 Å². The highest BCUT2D eigenvalue weighted by Gasteiger charge is 2.57. The van der Waals surface area contributed by atoms with Gasteiger partial charge in [0.05, 0.1) is 28.6 Å². The standard InChI is InChI=1S/C35H33Cl2FN4O5/c1-4-47-24-8-5-7-21(17-24)18-42-19-26(33(44)41(3)23-13-11-22(12-14-23)34(45)46)30(25-9-6-10-28(36)31(25)38)35(42,2)27-15-16-29(37)40-32(27)39-20-43/h5-17,20,26,30H,4,18-19H2,1-3H3,(H,45,46)(H,39,40,43)/t26-,30?,35-/m1/s1. The minimum atomic E-state index is -1.16. The molecule has 1 aromatic heterocycles. The van der Waals surface area contributed by atoms with Gasteiger partial charge in [0.15, 0.2) is 0 Å². The van der Waals surface area contributed by atoms with Gasteiger partial charge in [-0.25, -0.2) is 14.2 Å². The summed E-state index contributed by atoms with van der Waals surface area (Å²) < 4.78 is 21.9. The van der Waals surface area contributed by atoms with Gasteiger partial charge in [-0.05, 0) is 73.5 Å². The van der Waals surface area contributed by atoms with E-state index in [9.17, 15) is 19.5 Å². The highest BCUT2D eigenvalue weighted by atomic mass is 35.5. The van der Waals surface area contributed by atoms with Crippen LogP contribution in [0.2, 0.25) is 10.2 Å². The molecular weight excluding hydrogens is 646 g/mol. The van der Waals surface area contributed by atoms with Gasteiger partial charge in [0.2, 0.25) is 12.3 Å². The Morgan fingerprint density at radius 1 is 1.13 bits per heavy atom. The molecule has 2 amide bonds. The largest absolute Gasteiger partial charge is 0.494 e. The molecule has 0 bridgehead atoms. The molecule has 244 valence electrons. The highest BCUT2D eigenvalue weighted by Crippen LogP contribution is 2.55. The van der Waals surface area contributed by atoms with Crippen LogP contribution in [0.5, 0.6) is 5.75 Å². The second-order valence-electron chi connectivity index (χ2n) is 11.4. The molecule has 3 atom stereocenters. The first-order valence-corrected chi connectivity index (χ1v) is 15.6. The van der Waals surface area contributed by atoms with Crippen molar-refractivity contribution in [2.24, 2.45) is 5.92 Å². The molecule has 4 aromatic rings. The van der Waals surface area contributed by atoms with Crippen LogP contribution in [0.4, 0.5) is 15.9 Å². The van der Waals surface area contributed by atoms with Crippen LogP contribution in [0.15, 0.2) is 78.9 Å². The topological polar surface area (TPSA) is 112 Å². The first kappa shape index (κ1) is 33.8. The number of amides is 2. The maximum absolute atomic E-state index is 16.1. The van der Waals surface area contributed by atoms with Gasteiger partial charge >= 0.3 is 5.97 Å². The van der Waals surface area contributed by atoms with E-state index in [-0.39, 0.29) is 39.6 Å². The number of pyridine rings is 1. The number of nitrogens with zero attached hydrogens (tertiary/aromatic N) is 3. The number of carbonyl (C=O) groups excluding carboxylic acids is 2. The molecule has 1 fully saturated rings. The number of aromatic nitrogens is 1. The molecule has 0 radical (unpaired) electrons. The third kappa shape index (κ3) is 6.67. The average molecular weight is 680 g/mol. The first-order chi connectivity index (χ1) is 22.5. The monoisotopic (exact) mass is 678 g/mol. The van der Waals surface area contributed by atoms with Crippen LogP contribution in [-0.4, -0.2) is 53.5 Å². The SMILES string of the molecule is CCOc1cccc(CN2C[C@@H](C(=O)N(C)c3ccc(C(=O)O)cc3)C(c3cccc(Cl)c3F)[C@@]2(C)c2ccc(Cl)nc2NC=O)c1. The van der Waals surface area contributed by atoms with Crippen LogP contribution in [0.1, 0.15) is 46.8 Å². The number of aromatic carboxylic acids is 1. The molecule has 1 aliphatic heterocycles. The minimum Gasteiger partial charge on any atom is -0.494 e. The molecule has 12 heteroatoms. The molecule has 1 saturated heterocycles. The summed E-state index contributed by atoms with van der Waals surface area (Å²) in [4.78, 5) is 45.7. The Bertz CT molecular complexity index is 1810. The van der Waals surface area contributed by atoms with Gasteiger partial charge in [-0.2, -0.15) is 0 Å². The molecule has 5 rings (SSSR count). The van der Waals surface area contributed by atoms with Crippen LogP contribution in [0.3, 0.4) is 0 Å². The third-order valence-corrected chi connectivity index (χ3v) is 9.24. The van der Waals surface area contributed by atoms with E-state index in [2.05, 4.69) is 15.2 Å². The molecule has 9 nitrogen and oxygen atoms in total. The van der Waals surface area contributed by atoms with Crippen molar-refractivity contribution in [2.75, 3.05) is 30.4 Å². The van der Waals surface area contributed by atoms with E-state index >= 15 is 4.39 Å². The lowest BCUT2D eigenvalue weighted by molar-refractivity contribution is -0.122. The Morgan fingerprint density at radius 3 is 2.53 bits per heavy atom. The minimum absolute atomic E-state index is 0.0767. The lowest BCUT2D eigenvalue weighted by atomic mass is 9.72. The summed E-state index contributed by atoms with van der Waals surface area (Å²) in [5.41, 5.74) is 0.988. The Kier molecular flexibility index (Phi) is 10.1. The lowest BCUT2D eigenvalue weighted by Gasteiger charge is -2.41. The molecule has 2 heterocycles. The van der Waals surface area contributed by atoms with E-state index in [0.29, 0.717) is 36.6 Å². The average Bonchev–Trinajstić information content (AvgIpc) is 3.34. The highest BCUT2D eigenvalue weighted by molar-refractivity contribution is 6.30. The Labute approximate surface area is 281 Å². The van der Waals surface area contributed by atoms with Gasteiger partial charge in [0.25, 0.3) is 0 Å². The fourth-order valence-corrected chi connectivity index (χ4v) is 6.85. The fraction of sp³-hybridized carbons (Fsp3) is 0.257. The van der Waals surface area contributed by atoms with Crippen LogP contribution in [0.25, 0.3) is 0 Å². The number of likely N-dealkylation sites (tertiary alicyclic amines) is 1. The summed E-state index contributed by atoms with van der Waals surface area (Å²) in [6.45, 7) is 4.76. The predicted molar refractivity (Wildman–Crippen MR) is 179 cm³/mol. The van der Waals surface area contributed by atoms with Crippen molar-refractivity contribution in [3.63, 3.8) is 0 Å². The molecule has 47 heavy (non-hydrogen) atoms. The first-order valence-electron chi connectivity index (χ1n) is 14.9. The van der Waals surface area contributed by atoms with Crippen molar-refractivity contribution in [1.29, 1.82) is 0 Å². The van der Waals surface area contributed by atoms with Crippen molar-refractivity contribution in [1.82, 2.24) is 9.88 Å². The normalized spacial score (nSPS) is 19.3. The zero-order valence-electron chi connectivity index (χ0n) is 25.9. The number of rotatable bonds is 11. The van der Waals surface area contributed by atoms with Crippen molar-refractivity contribution in [3.8, 4) is 5.75 Å². The fourth-order valence-electron chi connectivity index (χ4n) is 6.52. The predicted octanol–water partition coefficient (Wildman–Crippen LogP) is 6.99. The van der Waals surface area contributed by atoms with E-state index in [4.69, 9.17) is 27.9 Å². The number of carbonyl (C=O) groups is 3. The smallest absolute Gasteiger partial charge is 0.335 e. The number of anilines is 2. The quantitative estimate of drug-likeness (QED) is 0.130. The summed E-state index contributed by atoms with van der Waals surface area (Å²) >= 11 is 12.6. The van der Waals surface area contributed by atoms with E-state index in [0.717, 1.165) is 5.56 Å². The molecule has 0 saturated carbocycles. The van der Waals surface area contributed by atoms with Crippen molar-refractivity contribution in [3.05, 3.63) is 117 Å². The van der Waals surface area contributed by atoms with Crippen LogP contribution < -0.4 is 15.0 Å². The Balaban J connectivity index is 1.71. The van der Waals surface area contributed by atoms with E-state index in [1.807, 2.05) is 38.1 Å². The van der Waals surface area contributed by atoms with Gasteiger partial charge < -0.3 is 20.1 Å². The summed E-state index contributed by atoms with van der Waals surface area (Å²) in [6.07, 6.45) is 0.489. The number of hydrogen-bond donors (Lipinski definition) is 2. The van der Waals surface area contributed by atoms with E-state index in [1.165, 1.54) is 23.1 Å². The summed E-state index contributed by atoms with van der Waals surface area (Å²) in [7, 11) is 1.60. The zero-order chi connectivity index (χ0) is 33.9. The number of ether oxygens (including phenoxy) is 1. The molecule has 3 aromatic carbocycles. The number of benzene rings is 3. The number of carboxylic acids is 1. The lowest BCUT2D eigenvalue weighted by Crippen LogP contribution is -2.43. The molecular formula is C35H33Cl2FN4O5. The number of hydrogen-bond acceptors (Lipinski definition) is 6. The molecule has 2 N–H and O–H groups in total. The van der Waals surface area contributed by atoms with E-state index < -0.39 is 29.2 Å². The summed E-state index contributed by atoms with van der Waals surface area (Å²) in [5, 5.41) is 12.1. The van der Waals surface area contributed by atoms with Crippen molar-refractivity contribution in [2.45, 2.75) is 31.8 Å². The van der Waals surface area contributed by atoms with Gasteiger partial charge in [0.1, 0.15) is 22.5 Å². The third-order valence-electron chi connectivity index (χ3n) is 8.73. The molecule has 0 aliphatic carbocycles. The van der Waals surface area contributed by atoms with Crippen LogP contribution in [-0.2, 0) is 21.7 Å². The molecule has 0 spiro atoms. The Hall–Kier alpha value is -4.51. The second-order valence-corrected chi connectivity index (χ2v) is 12.2. The van der Waals surface area contributed by atoms with Gasteiger partial charge in [-0.15, -0.1) is 0 Å². The van der Waals surface area contributed by atoms with Crippen LogP contribution in [0, 0.1) is 11.7 Å². The number of carboxylic acid groups (broad SMARTS) is 1. The van der Waals surface area contributed by atoms with Crippen molar-refractivity contribution >= 4 is 53.0 Å². The van der Waals surface area contributed by atoms with Gasteiger partial charge in [0, 0.05) is 37.3 Å². The maximum atomic E-state index is 16.1. The molecule has 1 aliphatic rings. The van der Waals surface area contributed by atoms with Gasteiger partial charge in [-0.1, -0.05) is 53.5 Å². The zero-order valence-corrected chi connectivity index (χ0v) is 27.4. The number of halogens is 3. The summed E-state index contributed by atoms with van der Waals surface area (Å²) in [6, 6.07) is 21.5.